The lowest BCUT2D eigenvalue weighted by atomic mass is 10.1. The molecule has 0 aromatic carbocycles. The van der Waals surface area contributed by atoms with Crippen molar-refractivity contribution in [3.8, 4) is 0 Å². The number of hydrogen-bond donors (Lipinski definition) is 1. The van der Waals surface area contributed by atoms with E-state index in [1.54, 1.807) is 11.8 Å². The zero-order valence-electron chi connectivity index (χ0n) is 7.62. The van der Waals surface area contributed by atoms with Crippen LogP contribution in [0.4, 0.5) is 0 Å². The van der Waals surface area contributed by atoms with Crippen LogP contribution in [0.2, 0.25) is 0 Å². The summed E-state index contributed by atoms with van der Waals surface area (Å²) in [4.78, 5) is 11.2. The highest BCUT2D eigenvalue weighted by atomic mass is 32.2. The molecule has 2 nitrogen and oxygen atoms in total. The van der Waals surface area contributed by atoms with Gasteiger partial charge in [-0.15, -0.1) is 0 Å². The number of carbonyl (C=O) groups is 1. The summed E-state index contributed by atoms with van der Waals surface area (Å²) in [6.07, 6.45) is 1.73. The highest BCUT2D eigenvalue weighted by Gasteiger charge is 2.31. The van der Waals surface area contributed by atoms with Crippen molar-refractivity contribution in [1.82, 2.24) is 0 Å². The number of thioether (sulfide) groups is 1. The maximum atomic E-state index is 11.2. The Balaban J connectivity index is 2.38. The van der Waals surface area contributed by atoms with Gasteiger partial charge in [0, 0.05) is 22.8 Å². The van der Waals surface area contributed by atoms with Gasteiger partial charge >= 0.3 is 0 Å². The molecule has 0 bridgehead atoms. The third-order valence-corrected chi connectivity index (χ3v) is 4.01. The summed E-state index contributed by atoms with van der Waals surface area (Å²) in [5.74, 6) is 0.585. The number of hydrogen-bond acceptors (Lipinski definition) is 3. The number of ketones is 1. The van der Waals surface area contributed by atoms with Gasteiger partial charge in [0.05, 0.1) is 6.61 Å². The van der Waals surface area contributed by atoms with Crippen molar-refractivity contribution in [2.24, 2.45) is 5.92 Å². The molecule has 3 unspecified atom stereocenters. The Morgan fingerprint density at radius 1 is 1.75 bits per heavy atom. The van der Waals surface area contributed by atoms with Crippen LogP contribution >= 0.6 is 11.8 Å². The molecule has 0 amide bonds. The van der Waals surface area contributed by atoms with Gasteiger partial charge in [0.2, 0.25) is 0 Å². The smallest absolute Gasteiger partial charge is 0.136 e. The Bertz CT molecular complexity index is 170. The van der Waals surface area contributed by atoms with Crippen LogP contribution in [0.15, 0.2) is 0 Å². The molecule has 0 heterocycles. The van der Waals surface area contributed by atoms with E-state index in [1.807, 2.05) is 13.8 Å². The number of aliphatic hydroxyl groups is 1. The van der Waals surface area contributed by atoms with Crippen molar-refractivity contribution in [2.45, 2.75) is 37.2 Å². The van der Waals surface area contributed by atoms with Gasteiger partial charge in [-0.2, -0.15) is 11.8 Å². The average molecular weight is 188 g/mol. The molecule has 0 radical (unpaired) electrons. The average Bonchev–Trinajstić information content (AvgIpc) is 2.36. The van der Waals surface area contributed by atoms with Crippen molar-refractivity contribution >= 4 is 17.5 Å². The fraction of sp³-hybridized carbons (Fsp3) is 0.889. The molecule has 1 fully saturated rings. The molecule has 1 aliphatic rings. The second kappa shape index (κ2) is 4.28. The Morgan fingerprint density at radius 2 is 2.42 bits per heavy atom. The number of Topliss-reactive ketones (excluding diaryl/α,β-unsaturated/α-hetero) is 1. The van der Waals surface area contributed by atoms with E-state index in [2.05, 4.69) is 0 Å². The van der Waals surface area contributed by atoms with Crippen LogP contribution in [-0.2, 0) is 4.79 Å². The predicted octanol–water partition coefficient (Wildman–Crippen LogP) is 1.47. The van der Waals surface area contributed by atoms with Gasteiger partial charge in [-0.25, -0.2) is 0 Å². The largest absolute Gasteiger partial charge is 0.395 e. The molecule has 1 N–H and O–H groups in total. The Morgan fingerprint density at radius 3 is 2.83 bits per heavy atom. The maximum absolute atomic E-state index is 11.2. The van der Waals surface area contributed by atoms with Gasteiger partial charge in [-0.3, -0.25) is 4.79 Å². The minimum Gasteiger partial charge on any atom is -0.395 e. The summed E-state index contributed by atoms with van der Waals surface area (Å²) >= 11 is 1.75. The molecular weight excluding hydrogens is 172 g/mol. The minimum atomic E-state index is 0.198. The van der Waals surface area contributed by atoms with Crippen LogP contribution in [0.3, 0.4) is 0 Å². The van der Waals surface area contributed by atoms with Crippen LogP contribution in [0.1, 0.15) is 26.7 Å². The zero-order valence-corrected chi connectivity index (χ0v) is 8.43. The molecule has 3 atom stereocenters. The summed E-state index contributed by atoms with van der Waals surface area (Å²) in [6, 6.07) is 0. The quantitative estimate of drug-likeness (QED) is 0.728. The molecule has 0 spiro atoms. The van der Waals surface area contributed by atoms with E-state index in [4.69, 9.17) is 5.11 Å². The first-order valence-electron chi connectivity index (χ1n) is 4.44. The van der Waals surface area contributed by atoms with Crippen LogP contribution in [0, 0.1) is 5.92 Å². The van der Waals surface area contributed by atoms with Gasteiger partial charge in [0.25, 0.3) is 0 Å². The topological polar surface area (TPSA) is 37.3 Å². The van der Waals surface area contributed by atoms with Crippen molar-refractivity contribution in [1.29, 1.82) is 0 Å². The van der Waals surface area contributed by atoms with E-state index in [9.17, 15) is 4.79 Å². The van der Waals surface area contributed by atoms with Crippen LogP contribution in [0.25, 0.3) is 0 Å². The van der Waals surface area contributed by atoms with E-state index in [-0.39, 0.29) is 17.8 Å². The first kappa shape index (κ1) is 10.1. The molecule has 3 heteroatoms. The lowest BCUT2D eigenvalue weighted by Gasteiger charge is -2.17. The number of aliphatic hydroxyl groups excluding tert-OH is 1. The normalized spacial score (nSPS) is 32.4. The molecule has 1 aliphatic carbocycles. The van der Waals surface area contributed by atoms with Gasteiger partial charge in [0.15, 0.2) is 0 Å². The van der Waals surface area contributed by atoms with Gasteiger partial charge in [-0.05, 0) is 6.42 Å². The van der Waals surface area contributed by atoms with E-state index in [1.165, 1.54) is 0 Å². The number of carbonyl (C=O) groups excluding carboxylic acids is 1. The Kier molecular flexibility index (Phi) is 3.59. The van der Waals surface area contributed by atoms with Gasteiger partial charge in [-0.1, -0.05) is 13.8 Å². The second-order valence-electron chi connectivity index (χ2n) is 3.46. The molecule has 70 valence electrons. The van der Waals surface area contributed by atoms with E-state index in [0.717, 1.165) is 12.8 Å². The molecule has 0 aliphatic heterocycles. The summed E-state index contributed by atoms with van der Waals surface area (Å²) in [6.45, 7) is 4.21. The van der Waals surface area contributed by atoms with Crippen molar-refractivity contribution in [3.05, 3.63) is 0 Å². The van der Waals surface area contributed by atoms with E-state index >= 15 is 0 Å². The zero-order chi connectivity index (χ0) is 9.14. The molecule has 0 aromatic heterocycles. The van der Waals surface area contributed by atoms with Crippen LogP contribution in [-0.4, -0.2) is 28.0 Å². The van der Waals surface area contributed by atoms with E-state index in [0.29, 0.717) is 11.0 Å². The Hall–Kier alpha value is -0.0200. The van der Waals surface area contributed by atoms with Crippen molar-refractivity contribution in [2.75, 3.05) is 6.61 Å². The van der Waals surface area contributed by atoms with Gasteiger partial charge in [0.1, 0.15) is 5.78 Å². The summed E-state index contributed by atoms with van der Waals surface area (Å²) in [5.41, 5.74) is 0. The fourth-order valence-electron chi connectivity index (χ4n) is 1.50. The second-order valence-corrected chi connectivity index (χ2v) is 5.14. The van der Waals surface area contributed by atoms with Crippen molar-refractivity contribution < 1.29 is 9.90 Å². The van der Waals surface area contributed by atoms with Crippen LogP contribution < -0.4 is 0 Å². The van der Waals surface area contributed by atoms with E-state index < -0.39 is 0 Å². The summed E-state index contributed by atoms with van der Waals surface area (Å²) in [5, 5.41) is 9.55. The lowest BCUT2D eigenvalue weighted by Crippen LogP contribution is -2.16. The fourth-order valence-corrected chi connectivity index (χ4v) is 2.82. The SMILES string of the molecule is CC(CO)SC1CCC(=O)C1C. The minimum absolute atomic E-state index is 0.198. The summed E-state index contributed by atoms with van der Waals surface area (Å²) in [7, 11) is 0. The predicted molar refractivity (Wildman–Crippen MR) is 51.3 cm³/mol. The highest BCUT2D eigenvalue weighted by Crippen LogP contribution is 2.34. The molecule has 0 saturated heterocycles. The van der Waals surface area contributed by atoms with Gasteiger partial charge < -0.3 is 5.11 Å². The molecular formula is C9H16O2S. The third-order valence-electron chi connectivity index (χ3n) is 2.41. The molecule has 0 aromatic rings. The highest BCUT2D eigenvalue weighted by molar-refractivity contribution is 8.00. The number of rotatable bonds is 3. The first-order chi connectivity index (χ1) is 5.65. The lowest BCUT2D eigenvalue weighted by molar-refractivity contribution is -0.120. The molecule has 1 rings (SSSR count). The maximum Gasteiger partial charge on any atom is 0.136 e. The van der Waals surface area contributed by atoms with Crippen LogP contribution in [0.5, 0.6) is 0 Å². The Labute approximate surface area is 77.7 Å². The van der Waals surface area contributed by atoms with Crippen molar-refractivity contribution in [3.63, 3.8) is 0 Å². The monoisotopic (exact) mass is 188 g/mol. The summed E-state index contributed by atoms with van der Waals surface area (Å²) < 4.78 is 0. The third kappa shape index (κ3) is 2.23. The molecule has 1 saturated carbocycles. The standard InChI is InChI=1S/C9H16O2S/c1-6(5-10)12-9-4-3-8(11)7(9)2/h6-7,9-10H,3-5H2,1-2H3. The molecule has 12 heavy (non-hydrogen) atoms. The first-order valence-corrected chi connectivity index (χ1v) is 5.38.